The number of thioether (sulfide) groups is 2. The predicted molar refractivity (Wildman–Crippen MR) is 139 cm³/mol. The van der Waals surface area contributed by atoms with Gasteiger partial charge in [-0.05, 0) is 61.0 Å². The van der Waals surface area contributed by atoms with Crippen molar-refractivity contribution in [1.82, 2.24) is 0 Å². The monoisotopic (exact) mass is 704 g/mol. The van der Waals surface area contributed by atoms with Gasteiger partial charge in [0.1, 0.15) is 11.8 Å². The summed E-state index contributed by atoms with van der Waals surface area (Å²) in [5, 5.41) is 0. The fourth-order valence-corrected chi connectivity index (χ4v) is 9.70. The van der Waals surface area contributed by atoms with E-state index in [1.165, 1.54) is 23.5 Å². The van der Waals surface area contributed by atoms with E-state index >= 15 is 0 Å². The minimum atomic E-state index is -4.64. The zero-order chi connectivity index (χ0) is 27.6. The normalized spacial score (nSPS) is 14.5. The maximum atomic E-state index is 11.2. The first-order chi connectivity index (χ1) is 16.4. The molecule has 2 aromatic rings. The molecule has 0 saturated heterocycles. The third-order valence-corrected chi connectivity index (χ3v) is 13.9. The number of benzene rings is 2. The van der Waals surface area contributed by atoms with E-state index in [-0.39, 0.29) is 59.1 Å². The van der Waals surface area contributed by atoms with Crippen LogP contribution in [0.1, 0.15) is 0 Å². The van der Waals surface area contributed by atoms with Gasteiger partial charge in [0.2, 0.25) is 0 Å². The van der Waals surface area contributed by atoms with Gasteiger partial charge in [-0.15, -0.1) is 23.5 Å². The van der Waals surface area contributed by atoms with Crippen LogP contribution in [0.2, 0.25) is 0 Å². The van der Waals surface area contributed by atoms with Gasteiger partial charge in [0.05, 0.1) is 0 Å². The Hall–Kier alpha value is 2.44. The van der Waals surface area contributed by atoms with Crippen LogP contribution in [0.15, 0.2) is 68.1 Å². The minimum absolute atomic E-state index is 0. The maximum Gasteiger partial charge on any atom is 1.00 e. The molecular formula is C16H22Na2O12P4S4. The van der Waals surface area contributed by atoms with Crippen molar-refractivity contribution >= 4 is 78.0 Å². The standard InChI is InChI=1S/2C8H12O6P2S2.2Na/c2*1-17-7-2-4-8(5-3-7)18-14-16(12,13)6-15(9,10)11;;/h2*2-5H,6H2,1H3,(H,12,13)(H2,9,10,11);;/q;;2*+1/p-2. The van der Waals surface area contributed by atoms with Gasteiger partial charge in [-0.3, -0.25) is 17.1 Å². The molecule has 0 radical (unpaired) electrons. The van der Waals surface area contributed by atoms with Gasteiger partial charge in [-0.25, -0.2) is 0 Å². The van der Waals surface area contributed by atoms with Crippen molar-refractivity contribution < 1.29 is 115 Å². The summed E-state index contributed by atoms with van der Waals surface area (Å²) in [5.74, 6) is -2.59. The second-order valence-corrected chi connectivity index (χ2v) is 18.1. The molecular weight excluding hydrogens is 682 g/mol. The van der Waals surface area contributed by atoms with E-state index in [4.69, 9.17) is 19.6 Å². The molecule has 0 aliphatic carbocycles. The molecule has 22 heteroatoms. The molecule has 0 heterocycles. The quantitative estimate of drug-likeness (QED) is 0.0835. The number of hydrogen-bond donors (Lipinski definition) is 4. The van der Waals surface area contributed by atoms with Crippen LogP contribution < -0.4 is 68.9 Å². The van der Waals surface area contributed by atoms with E-state index in [1.807, 2.05) is 12.5 Å². The Labute approximate surface area is 282 Å². The zero-order valence-electron chi connectivity index (χ0n) is 20.5. The molecule has 204 valence electrons. The first-order valence-electron chi connectivity index (χ1n) is 9.13. The van der Waals surface area contributed by atoms with Gasteiger partial charge in [0.25, 0.3) is 0 Å². The molecule has 2 atom stereocenters. The smallest absolute Gasteiger partial charge is 0.777 e. The van der Waals surface area contributed by atoms with Gasteiger partial charge >= 0.3 is 74.3 Å². The average molecular weight is 704 g/mol. The van der Waals surface area contributed by atoms with Crippen molar-refractivity contribution in [2.24, 2.45) is 0 Å². The van der Waals surface area contributed by atoms with E-state index < -0.39 is 42.2 Å². The fourth-order valence-electron chi connectivity index (χ4n) is 1.96. The summed E-state index contributed by atoms with van der Waals surface area (Å²) < 4.78 is 52.6. The number of rotatable bonds is 12. The first kappa shape index (κ1) is 42.6. The van der Waals surface area contributed by atoms with Crippen molar-refractivity contribution in [3.63, 3.8) is 0 Å². The van der Waals surface area contributed by atoms with Gasteiger partial charge in [0, 0.05) is 43.7 Å². The largest absolute Gasteiger partial charge is 1.00 e. The maximum absolute atomic E-state index is 11.2. The summed E-state index contributed by atoms with van der Waals surface area (Å²) in [4.78, 5) is 59.8. The Kier molecular flexibility index (Phi) is 22.0. The molecule has 0 aliphatic rings. The summed E-state index contributed by atoms with van der Waals surface area (Å²) in [6.45, 7) is 0. The Morgan fingerprint density at radius 3 is 1.05 bits per heavy atom. The summed E-state index contributed by atoms with van der Waals surface area (Å²) in [5.41, 5.74) is 0. The molecule has 0 fully saturated rings. The third-order valence-electron chi connectivity index (χ3n) is 3.33. The van der Waals surface area contributed by atoms with Crippen LogP contribution in [0.4, 0.5) is 0 Å². The topological polar surface area (TPSA) is 214 Å². The van der Waals surface area contributed by atoms with Gasteiger partial charge in [-0.2, -0.15) is 0 Å². The summed E-state index contributed by atoms with van der Waals surface area (Å²) in [7, 11) is -18.4. The molecule has 2 unspecified atom stereocenters. The zero-order valence-corrected chi connectivity index (χ0v) is 31.4. The molecule has 0 bridgehead atoms. The Morgan fingerprint density at radius 1 is 0.605 bits per heavy atom. The van der Waals surface area contributed by atoms with E-state index in [0.717, 1.165) is 9.79 Å². The Morgan fingerprint density at radius 2 is 0.842 bits per heavy atom. The van der Waals surface area contributed by atoms with Crippen molar-refractivity contribution in [3.8, 4) is 0 Å². The molecule has 12 nitrogen and oxygen atoms in total. The van der Waals surface area contributed by atoms with Crippen molar-refractivity contribution in [3.05, 3.63) is 48.5 Å². The second-order valence-electron chi connectivity index (χ2n) is 6.50. The van der Waals surface area contributed by atoms with Crippen LogP contribution >= 0.6 is 78.0 Å². The minimum Gasteiger partial charge on any atom is -0.777 e. The van der Waals surface area contributed by atoms with E-state index in [9.17, 15) is 28.0 Å². The molecule has 2 aromatic carbocycles. The summed E-state index contributed by atoms with van der Waals surface area (Å²) >= 11 is 4.20. The van der Waals surface area contributed by atoms with Crippen LogP contribution in [-0.4, -0.2) is 43.9 Å². The van der Waals surface area contributed by atoms with Gasteiger partial charge in [-0.1, -0.05) is 0 Å². The molecule has 0 spiro atoms. The van der Waals surface area contributed by atoms with E-state index in [1.54, 1.807) is 48.5 Å². The Bertz CT molecular complexity index is 1070. The molecule has 2 rings (SSSR count). The van der Waals surface area contributed by atoms with Gasteiger partial charge in [0.15, 0.2) is 15.2 Å². The Balaban J connectivity index is 0. The van der Waals surface area contributed by atoms with Gasteiger partial charge < -0.3 is 38.5 Å². The van der Waals surface area contributed by atoms with E-state index in [2.05, 4.69) is 7.94 Å². The molecule has 38 heavy (non-hydrogen) atoms. The molecule has 0 aliphatic heterocycles. The van der Waals surface area contributed by atoms with Crippen molar-refractivity contribution in [1.29, 1.82) is 0 Å². The summed E-state index contributed by atoms with van der Waals surface area (Å²) in [6.07, 6.45) is 3.81. The third kappa shape index (κ3) is 21.2. The molecule has 0 aromatic heterocycles. The first-order valence-corrected chi connectivity index (χ1v) is 20.1. The fraction of sp³-hybridized carbons (Fsp3) is 0.250. The summed E-state index contributed by atoms with van der Waals surface area (Å²) in [6, 6.07) is 13.8. The van der Waals surface area contributed by atoms with E-state index in [0.29, 0.717) is 33.9 Å². The predicted octanol–water partition coefficient (Wildman–Crippen LogP) is -1.75. The average Bonchev–Trinajstić information content (AvgIpc) is 2.74. The molecule has 0 amide bonds. The van der Waals surface area contributed by atoms with Crippen LogP contribution in [0.3, 0.4) is 0 Å². The number of hydrogen-bond acceptors (Lipinski definition) is 12. The molecule has 4 N–H and O–H groups in total. The molecule has 0 saturated carbocycles. The SMILES string of the molecule is CSc1ccc(SOP(=O)([O-])CP(=O)(O)O)cc1.CSc1ccc(SOP(=O)([O-])CP(=O)(O)O)cc1.[Na+].[Na+]. The van der Waals surface area contributed by atoms with Crippen molar-refractivity contribution in [2.75, 3.05) is 24.3 Å². The van der Waals surface area contributed by atoms with Crippen molar-refractivity contribution in [2.45, 2.75) is 19.6 Å². The van der Waals surface area contributed by atoms with Crippen LogP contribution in [0.5, 0.6) is 0 Å². The van der Waals surface area contributed by atoms with Crippen LogP contribution in [0.25, 0.3) is 0 Å². The van der Waals surface area contributed by atoms with Crippen LogP contribution in [0, 0.1) is 0 Å². The van der Waals surface area contributed by atoms with Crippen LogP contribution in [-0.2, 0) is 26.2 Å². The second kappa shape index (κ2) is 19.7.